The zero-order valence-electron chi connectivity index (χ0n) is 17.5. The lowest BCUT2D eigenvalue weighted by molar-refractivity contribution is -0.113. The molecule has 0 aliphatic carbocycles. The number of nitrogens with zero attached hydrogens (tertiary/aromatic N) is 3. The second-order valence-electron chi connectivity index (χ2n) is 7.02. The van der Waals surface area contributed by atoms with E-state index in [0.29, 0.717) is 28.3 Å². The minimum Gasteiger partial charge on any atom is -0.486 e. The van der Waals surface area contributed by atoms with Gasteiger partial charge in [0.15, 0.2) is 5.82 Å². The number of halogens is 2. The molecule has 0 fully saturated rings. The molecule has 1 amide bonds. The second kappa shape index (κ2) is 10.8. The highest BCUT2D eigenvalue weighted by Gasteiger charge is 2.13. The first-order valence-corrected chi connectivity index (χ1v) is 10.7. The minimum atomic E-state index is -2.90. The molecule has 32 heavy (non-hydrogen) atoms. The average molecular weight is 464 g/mol. The molecule has 2 aromatic carbocycles. The van der Waals surface area contributed by atoms with Gasteiger partial charge in [0.25, 0.3) is 0 Å². The fourth-order valence-corrected chi connectivity index (χ4v) is 3.32. The van der Waals surface area contributed by atoms with Gasteiger partial charge in [-0.05, 0) is 47.9 Å². The van der Waals surface area contributed by atoms with Gasteiger partial charge in [0.2, 0.25) is 11.1 Å². The van der Waals surface area contributed by atoms with Gasteiger partial charge in [-0.2, -0.15) is 8.78 Å². The highest BCUT2D eigenvalue weighted by molar-refractivity contribution is 7.99. The number of aromatic nitrogens is 3. The number of thioether (sulfide) groups is 1. The van der Waals surface area contributed by atoms with Crippen LogP contribution in [0.1, 0.15) is 31.2 Å². The van der Waals surface area contributed by atoms with Crippen molar-refractivity contribution >= 4 is 23.4 Å². The number of ether oxygens (including phenoxy) is 2. The summed E-state index contributed by atoms with van der Waals surface area (Å²) in [6.45, 7) is 1.47. The topological polar surface area (TPSA) is 104 Å². The molecule has 0 unspecified atom stereocenters. The van der Waals surface area contributed by atoms with Crippen molar-refractivity contribution in [2.75, 3.05) is 16.9 Å². The Bertz CT molecular complexity index is 1030. The Morgan fingerprint density at radius 2 is 1.75 bits per heavy atom. The number of nitrogens with one attached hydrogen (secondary N) is 1. The molecule has 170 valence electrons. The van der Waals surface area contributed by atoms with Crippen molar-refractivity contribution in [1.29, 1.82) is 0 Å². The molecule has 0 bridgehead atoms. The quantitative estimate of drug-likeness (QED) is 0.346. The molecule has 3 aromatic rings. The van der Waals surface area contributed by atoms with E-state index in [9.17, 15) is 13.6 Å². The maximum Gasteiger partial charge on any atom is 0.387 e. The fourth-order valence-electron chi connectivity index (χ4n) is 2.65. The number of benzene rings is 2. The van der Waals surface area contributed by atoms with Gasteiger partial charge in [-0.25, -0.2) is 4.68 Å². The maximum atomic E-state index is 12.2. The molecular formula is C21H23F2N5O3S. The van der Waals surface area contributed by atoms with Crippen LogP contribution in [0.2, 0.25) is 0 Å². The monoisotopic (exact) mass is 463 g/mol. The van der Waals surface area contributed by atoms with Crippen molar-refractivity contribution in [1.82, 2.24) is 14.9 Å². The molecule has 11 heteroatoms. The van der Waals surface area contributed by atoms with Gasteiger partial charge in [-0.3, -0.25) is 4.79 Å². The standard InChI is InChI=1S/C21H23F2N5O3S/c1-13(2)14-3-7-16(8-4-14)30-11-18-26-27-21(28(18)24)32-12-19(29)25-15-5-9-17(10-6-15)31-20(22)23/h3-10,13,20H,11-12,24H2,1-2H3,(H,25,29). The van der Waals surface area contributed by atoms with Gasteiger partial charge >= 0.3 is 6.61 Å². The third-order valence-electron chi connectivity index (χ3n) is 4.35. The molecular weight excluding hydrogens is 440 g/mol. The number of hydrogen-bond acceptors (Lipinski definition) is 7. The van der Waals surface area contributed by atoms with E-state index >= 15 is 0 Å². The first-order chi connectivity index (χ1) is 15.3. The summed E-state index contributed by atoms with van der Waals surface area (Å²) < 4.78 is 35.6. The van der Waals surface area contributed by atoms with E-state index in [2.05, 4.69) is 34.1 Å². The van der Waals surface area contributed by atoms with Crippen molar-refractivity contribution in [3.63, 3.8) is 0 Å². The number of anilines is 1. The Balaban J connectivity index is 1.48. The van der Waals surface area contributed by atoms with E-state index in [1.807, 2.05) is 24.3 Å². The number of nitrogens with two attached hydrogens (primary N) is 1. The molecule has 0 saturated heterocycles. The van der Waals surface area contributed by atoms with Crippen molar-refractivity contribution in [3.05, 3.63) is 59.9 Å². The summed E-state index contributed by atoms with van der Waals surface area (Å²) >= 11 is 1.11. The van der Waals surface area contributed by atoms with E-state index in [1.54, 1.807) is 0 Å². The first-order valence-electron chi connectivity index (χ1n) is 9.71. The Hall–Kier alpha value is -3.34. The predicted octanol–water partition coefficient (Wildman–Crippen LogP) is 4.03. The first kappa shape index (κ1) is 23.3. The number of nitrogen functional groups attached to an aromatic ring is 1. The number of carbonyl (C=O) groups excluding carboxylic acids is 1. The van der Waals surface area contributed by atoms with Crippen molar-refractivity contribution < 1.29 is 23.0 Å². The minimum absolute atomic E-state index is 0.00854. The normalized spacial score (nSPS) is 11.1. The summed E-state index contributed by atoms with van der Waals surface area (Å²) in [7, 11) is 0. The van der Waals surface area contributed by atoms with Crippen LogP contribution in [0.5, 0.6) is 11.5 Å². The van der Waals surface area contributed by atoms with Gasteiger partial charge in [0, 0.05) is 5.69 Å². The molecule has 0 atom stereocenters. The third-order valence-corrected chi connectivity index (χ3v) is 5.29. The van der Waals surface area contributed by atoms with Gasteiger partial charge in [-0.1, -0.05) is 37.7 Å². The largest absolute Gasteiger partial charge is 0.486 e. The highest BCUT2D eigenvalue weighted by atomic mass is 32.2. The van der Waals surface area contributed by atoms with Crippen LogP contribution in [-0.4, -0.2) is 33.1 Å². The lowest BCUT2D eigenvalue weighted by atomic mass is 10.0. The van der Waals surface area contributed by atoms with Crippen molar-refractivity contribution in [2.45, 2.75) is 38.1 Å². The Labute approximate surface area is 188 Å². The smallest absolute Gasteiger partial charge is 0.387 e. The number of hydrogen-bond donors (Lipinski definition) is 2. The third kappa shape index (κ3) is 6.58. The summed E-state index contributed by atoms with van der Waals surface area (Å²) in [5.74, 6) is 7.27. The average Bonchev–Trinajstić information content (AvgIpc) is 3.11. The van der Waals surface area contributed by atoms with E-state index in [0.717, 1.165) is 11.8 Å². The molecule has 3 N–H and O–H groups in total. The summed E-state index contributed by atoms with van der Waals surface area (Å²) in [4.78, 5) is 12.1. The Morgan fingerprint density at radius 1 is 1.09 bits per heavy atom. The van der Waals surface area contributed by atoms with Gasteiger partial charge in [-0.15, -0.1) is 10.2 Å². The Kier molecular flexibility index (Phi) is 7.87. The zero-order chi connectivity index (χ0) is 23.1. The summed E-state index contributed by atoms with van der Waals surface area (Å²) in [6, 6.07) is 13.4. The van der Waals surface area contributed by atoms with E-state index in [4.69, 9.17) is 10.6 Å². The lowest BCUT2D eigenvalue weighted by Gasteiger charge is -2.09. The van der Waals surface area contributed by atoms with E-state index < -0.39 is 6.61 Å². The van der Waals surface area contributed by atoms with Crippen molar-refractivity contribution in [2.24, 2.45) is 0 Å². The molecule has 1 aromatic heterocycles. The summed E-state index contributed by atoms with van der Waals surface area (Å²) in [6.07, 6.45) is 0. The van der Waals surface area contributed by atoms with Gasteiger partial charge < -0.3 is 20.6 Å². The zero-order valence-corrected chi connectivity index (χ0v) is 18.3. The lowest BCUT2D eigenvalue weighted by Crippen LogP contribution is -2.18. The van der Waals surface area contributed by atoms with Crippen LogP contribution in [0.3, 0.4) is 0 Å². The number of alkyl halides is 2. The summed E-state index contributed by atoms with van der Waals surface area (Å²) in [5.41, 5.74) is 1.66. The number of rotatable bonds is 10. The molecule has 0 aliphatic heterocycles. The molecule has 0 saturated carbocycles. The van der Waals surface area contributed by atoms with Crippen LogP contribution < -0.4 is 20.6 Å². The molecule has 0 spiro atoms. The molecule has 8 nitrogen and oxygen atoms in total. The van der Waals surface area contributed by atoms with Crippen LogP contribution in [0.25, 0.3) is 0 Å². The molecule has 0 aliphatic rings. The van der Waals surface area contributed by atoms with Crippen LogP contribution in [0.15, 0.2) is 53.7 Å². The van der Waals surface area contributed by atoms with Crippen LogP contribution in [0, 0.1) is 0 Å². The SMILES string of the molecule is CC(C)c1ccc(OCc2nnc(SCC(=O)Nc3ccc(OC(F)F)cc3)n2N)cc1. The number of amides is 1. The van der Waals surface area contributed by atoms with Crippen LogP contribution in [-0.2, 0) is 11.4 Å². The van der Waals surface area contributed by atoms with Crippen LogP contribution >= 0.6 is 11.8 Å². The fraction of sp³-hybridized carbons (Fsp3) is 0.286. The maximum absolute atomic E-state index is 12.2. The highest BCUT2D eigenvalue weighted by Crippen LogP contribution is 2.21. The predicted molar refractivity (Wildman–Crippen MR) is 117 cm³/mol. The Morgan fingerprint density at radius 3 is 2.38 bits per heavy atom. The summed E-state index contributed by atoms with van der Waals surface area (Å²) in [5, 5.41) is 11.0. The van der Waals surface area contributed by atoms with Gasteiger partial charge in [0.1, 0.15) is 18.1 Å². The van der Waals surface area contributed by atoms with Crippen molar-refractivity contribution in [3.8, 4) is 11.5 Å². The second-order valence-corrected chi connectivity index (χ2v) is 7.96. The van der Waals surface area contributed by atoms with Gasteiger partial charge in [0.05, 0.1) is 5.75 Å². The molecule has 0 radical (unpaired) electrons. The molecule has 3 rings (SSSR count). The van der Waals surface area contributed by atoms with E-state index in [-0.39, 0.29) is 24.0 Å². The number of carbonyl (C=O) groups is 1. The van der Waals surface area contributed by atoms with E-state index in [1.165, 1.54) is 34.5 Å². The molecule has 1 heterocycles. The van der Waals surface area contributed by atoms with Crippen LogP contribution in [0.4, 0.5) is 14.5 Å².